The molecule has 110 valence electrons. The summed E-state index contributed by atoms with van der Waals surface area (Å²) in [6.45, 7) is 3.05. The van der Waals surface area contributed by atoms with Gasteiger partial charge in [0.15, 0.2) is 6.29 Å². The highest BCUT2D eigenvalue weighted by Gasteiger charge is 2.23. The number of hydrogen-bond acceptors (Lipinski definition) is 3. The Balaban J connectivity index is 2.05. The van der Waals surface area contributed by atoms with E-state index in [2.05, 4.69) is 11.8 Å². The summed E-state index contributed by atoms with van der Waals surface area (Å²) in [4.78, 5) is 18.6. The van der Waals surface area contributed by atoms with Gasteiger partial charge in [0.2, 0.25) is 0 Å². The SMILES string of the molecule is CCN(c1nc2ccccc2cc1C=O)C1CCCCC1. The fourth-order valence-corrected chi connectivity index (χ4v) is 3.41. The van der Waals surface area contributed by atoms with Crippen molar-refractivity contribution in [1.29, 1.82) is 0 Å². The van der Waals surface area contributed by atoms with Crippen molar-refractivity contribution < 1.29 is 4.79 Å². The van der Waals surface area contributed by atoms with Crippen molar-refractivity contribution in [2.45, 2.75) is 45.1 Å². The van der Waals surface area contributed by atoms with Crippen LogP contribution in [-0.4, -0.2) is 23.9 Å². The highest BCUT2D eigenvalue weighted by atomic mass is 16.1. The minimum absolute atomic E-state index is 0.524. The Bertz CT molecular complexity index is 632. The Morgan fingerprint density at radius 3 is 2.71 bits per heavy atom. The molecule has 2 aromatic rings. The molecule has 3 heteroatoms. The summed E-state index contributed by atoms with van der Waals surface area (Å²) in [6, 6.07) is 10.5. The zero-order valence-corrected chi connectivity index (χ0v) is 12.6. The first-order chi connectivity index (χ1) is 10.3. The van der Waals surface area contributed by atoms with Gasteiger partial charge in [0.1, 0.15) is 5.82 Å². The molecule has 0 unspecified atom stereocenters. The van der Waals surface area contributed by atoms with E-state index in [9.17, 15) is 4.79 Å². The number of benzene rings is 1. The lowest BCUT2D eigenvalue weighted by Crippen LogP contribution is -2.38. The molecule has 1 saturated carbocycles. The average molecular weight is 282 g/mol. The summed E-state index contributed by atoms with van der Waals surface area (Å²) in [6.07, 6.45) is 7.26. The molecule has 0 aliphatic heterocycles. The Morgan fingerprint density at radius 1 is 1.24 bits per heavy atom. The van der Waals surface area contributed by atoms with Crippen LogP contribution in [0.2, 0.25) is 0 Å². The molecule has 0 spiro atoms. The number of aromatic nitrogens is 1. The van der Waals surface area contributed by atoms with Crippen LogP contribution < -0.4 is 4.90 Å². The number of rotatable bonds is 4. The monoisotopic (exact) mass is 282 g/mol. The molecule has 21 heavy (non-hydrogen) atoms. The minimum Gasteiger partial charge on any atom is -0.353 e. The van der Waals surface area contributed by atoms with Gasteiger partial charge in [-0.15, -0.1) is 0 Å². The zero-order chi connectivity index (χ0) is 14.7. The van der Waals surface area contributed by atoms with E-state index in [4.69, 9.17) is 4.98 Å². The van der Waals surface area contributed by atoms with Crippen LogP contribution in [0.1, 0.15) is 49.4 Å². The van der Waals surface area contributed by atoms with E-state index in [-0.39, 0.29) is 0 Å². The number of carbonyl (C=O) groups is 1. The largest absolute Gasteiger partial charge is 0.353 e. The zero-order valence-electron chi connectivity index (χ0n) is 12.6. The quantitative estimate of drug-likeness (QED) is 0.788. The number of para-hydroxylation sites is 1. The highest BCUT2D eigenvalue weighted by molar-refractivity contribution is 5.91. The van der Waals surface area contributed by atoms with Crippen molar-refractivity contribution in [3.63, 3.8) is 0 Å². The van der Waals surface area contributed by atoms with Crippen LogP contribution in [0.15, 0.2) is 30.3 Å². The van der Waals surface area contributed by atoms with Crippen molar-refractivity contribution in [3.8, 4) is 0 Å². The maximum Gasteiger partial charge on any atom is 0.153 e. The van der Waals surface area contributed by atoms with Gasteiger partial charge in [-0.2, -0.15) is 0 Å². The molecule has 1 aliphatic carbocycles. The van der Waals surface area contributed by atoms with E-state index in [1.165, 1.54) is 32.1 Å². The van der Waals surface area contributed by atoms with Crippen LogP contribution in [0.4, 0.5) is 5.82 Å². The van der Waals surface area contributed by atoms with Gasteiger partial charge in [0.25, 0.3) is 0 Å². The van der Waals surface area contributed by atoms with E-state index < -0.39 is 0 Å². The van der Waals surface area contributed by atoms with Gasteiger partial charge in [-0.05, 0) is 31.9 Å². The van der Waals surface area contributed by atoms with Gasteiger partial charge < -0.3 is 4.90 Å². The smallest absolute Gasteiger partial charge is 0.153 e. The standard InChI is InChI=1S/C18H22N2O/c1-2-20(16-9-4-3-5-10-16)18-15(13-21)12-14-8-6-7-11-17(14)19-18/h6-8,11-13,16H,2-5,9-10H2,1H3. The number of hydrogen-bond donors (Lipinski definition) is 0. The molecule has 1 aromatic carbocycles. The Morgan fingerprint density at radius 2 is 2.00 bits per heavy atom. The van der Waals surface area contributed by atoms with E-state index in [1.54, 1.807) is 0 Å². The van der Waals surface area contributed by atoms with Crippen LogP contribution in [0, 0.1) is 0 Å². The number of anilines is 1. The maximum absolute atomic E-state index is 11.5. The summed E-state index contributed by atoms with van der Waals surface area (Å²) in [5.41, 5.74) is 1.67. The summed E-state index contributed by atoms with van der Waals surface area (Å²) in [7, 11) is 0. The number of fused-ring (bicyclic) bond motifs is 1. The molecule has 1 fully saturated rings. The first-order valence-electron chi connectivity index (χ1n) is 7.95. The van der Waals surface area contributed by atoms with Crippen LogP contribution >= 0.6 is 0 Å². The van der Waals surface area contributed by atoms with Crippen LogP contribution in [-0.2, 0) is 0 Å². The molecule has 0 saturated heterocycles. The van der Waals surface area contributed by atoms with E-state index in [1.807, 2.05) is 30.3 Å². The lowest BCUT2D eigenvalue weighted by molar-refractivity contribution is 0.112. The Hall–Kier alpha value is -1.90. The van der Waals surface area contributed by atoms with Crippen molar-refractivity contribution in [1.82, 2.24) is 4.98 Å². The molecule has 1 aromatic heterocycles. The molecule has 1 heterocycles. The second kappa shape index (κ2) is 6.25. The molecule has 0 radical (unpaired) electrons. The third kappa shape index (κ3) is 2.78. The average Bonchev–Trinajstić information content (AvgIpc) is 2.56. The second-order valence-corrected chi connectivity index (χ2v) is 5.79. The predicted molar refractivity (Wildman–Crippen MR) is 87.0 cm³/mol. The minimum atomic E-state index is 0.524. The summed E-state index contributed by atoms with van der Waals surface area (Å²) in [5, 5.41) is 1.03. The molecule has 0 bridgehead atoms. The van der Waals surface area contributed by atoms with Crippen molar-refractivity contribution in [3.05, 3.63) is 35.9 Å². The fourth-order valence-electron chi connectivity index (χ4n) is 3.41. The molecule has 0 N–H and O–H groups in total. The van der Waals surface area contributed by atoms with Gasteiger partial charge in [-0.1, -0.05) is 37.5 Å². The van der Waals surface area contributed by atoms with Crippen molar-refractivity contribution >= 4 is 23.0 Å². The van der Waals surface area contributed by atoms with Crippen LogP contribution in [0.3, 0.4) is 0 Å². The summed E-state index contributed by atoms with van der Waals surface area (Å²) >= 11 is 0. The normalized spacial score (nSPS) is 16.0. The summed E-state index contributed by atoms with van der Waals surface area (Å²) in [5.74, 6) is 0.859. The van der Waals surface area contributed by atoms with Gasteiger partial charge in [0.05, 0.1) is 11.1 Å². The lowest BCUT2D eigenvalue weighted by Gasteiger charge is -2.35. The predicted octanol–water partition coefficient (Wildman–Crippen LogP) is 4.21. The number of pyridine rings is 1. The van der Waals surface area contributed by atoms with Crippen LogP contribution in [0.5, 0.6) is 0 Å². The van der Waals surface area contributed by atoms with Crippen LogP contribution in [0.25, 0.3) is 10.9 Å². The fraction of sp³-hybridized carbons (Fsp3) is 0.444. The van der Waals surface area contributed by atoms with E-state index >= 15 is 0 Å². The Labute approximate surface area is 126 Å². The Kier molecular flexibility index (Phi) is 4.18. The number of nitrogens with zero attached hydrogens (tertiary/aromatic N) is 2. The first-order valence-corrected chi connectivity index (χ1v) is 7.95. The number of carbonyl (C=O) groups excluding carboxylic acids is 1. The van der Waals surface area contributed by atoms with E-state index in [0.29, 0.717) is 11.6 Å². The molecule has 0 amide bonds. The third-order valence-electron chi connectivity index (χ3n) is 4.49. The van der Waals surface area contributed by atoms with E-state index in [0.717, 1.165) is 29.6 Å². The van der Waals surface area contributed by atoms with Gasteiger partial charge in [-0.3, -0.25) is 4.79 Å². The maximum atomic E-state index is 11.5. The highest BCUT2D eigenvalue weighted by Crippen LogP contribution is 2.29. The second-order valence-electron chi connectivity index (χ2n) is 5.79. The molecular weight excluding hydrogens is 260 g/mol. The van der Waals surface area contributed by atoms with Crippen molar-refractivity contribution in [2.24, 2.45) is 0 Å². The first kappa shape index (κ1) is 14.1. The van der Waals surface area contributed by atoms with Gasteiger partial charge in [-0.25, -0.2) is 4.98 Å². The lowest BCUT2D eigenvalue weighted by atomic mass is 9.94. The molecule has 3 rings (SSSR count). The molecular formula is C18H22N2O. The van der Waals surface area contributed by atoms with Gasteiger partial charge in [0, 0.05) is 18.0 Å². The van der Waals surface area contributed by atoms with Gasteiger partial charge >= 0.3 is 0 Å². The third-order valence-corrected chi connectivity index (χ3v) is 4.49. The van der Waals surface area contributed by atoms with Crippen molar-refractivity contribution in [2.75, 3.05) is 11.4 Å². The molecule has 1 aliphatic rings. The molecule has 3 nitrogen and oxygen atoms in total. The molecule has 0 atom stereocenters. The number of aldehydes is 1. The summed E-state index contributed by atoms with van der Waals surface area (Å²) < 4.78 is 0. The topological polar surface area (TPSA) is 33.2 Å².